The number of benzene rings is 3. The van der Waals surface area contributed by atoms with Crippen molar-refractivity contribution in [3.8, 4) is 0 Å². The van der Waals surface area contributed by atoms with Crippen LogP contribution in [0.5, 0.6) is 0 Å². The Labute approximate surface area is 195 Å². The smallest absolute Gasteiger partial charge is 0.321 e. The monoisotopic (exact) mass is 463 g/mol. The first-order valence-corrected chi connectivity index (χ1v) is 10.9. The van der Waals surface area contributed by atoms with Crippen molar-refractivity contribution in [2.75, 3.05) is 5.32 Å². The first kappa shape index (κ1) is 22.6. The van der Waals surface area contributed by atoms with E-state index in [2.05, 4.69) is 10.3 Å². The molecule has 33 heavy (non-hydrogen) atoms. The summed E-state index contributed by atoms with van der Waals surface area (Å²) in [6.07, 6.45) is 0. The minimum absolute atomic E-state index is 0.0664. The lowest BCUT2D eigenvalue weighted by molar-refractivity contribution is 0.206. The minimum atomic E-state index is -0.429. The summed E-state index contributed by atoms with van der Waals surface area (Å²) in [5.41, 5.74) is 4.19. The summed E-state index contributed by atoms with van der Waals surface area (Å²) in [7, 11) is 0. The van der Waals surface area contributed by atoms with Gasteiger partial charge in [0, 0.05) is 28.2 Å². The van der Waals surface area contributed by atoms with E-state index in [4.69, 9.17) is 11.6 Å². The third-order valence-corrected chi connectivity index (χ3v) is 5.95. The number of aromatic nitrogens is 1. The fourth-order valence-corrected chi connectivity index (χ4v) is 3.90. The van der Waals surface area contributed by atoms with Crippen LogP contribution in [-0.4, -0.2) is 15.9 Å². The molecule has 0 aliphatic heterocycles. The standard InChI is InChI=1S/C26H23ClFN3O2/c1-16-7-8-17(2)24-22(16)13-19(25(32)30-24)15-31(14-18-5-3-4-6-23(18)27)26(33)29-21-11-9-20(28)10-12-21/h3-13H,14-15H2,1-2H3,(H,29,33)(H,30,32). The Morgan fingerprint density at radius 2 is 1.64 bits per heavy atom. The number of hydrogen-bond acceptors (Lipinski definition) is 2. The fourth-order valence-electron chi connectivity index (χ4n) is 3.71. The number of nitrogens with zero attached hydrogens (tertiary/aromatic N) is 1. The predicted molar refractivity (Wildman–Crippen MR) is 130 cm³/mol. The highest BCUT2D eigenvalue weighted by Gasteiger charge is 2.19. The minimum Gasteiger partial charge on any atom is -0.321 e. The molecule has 0 radical (unpaired) electrons. The number of nitrogens with one attached hydrogen (secondary N) is 2. The van der Waals surface area contributed by atoms with Gasteiger partial charge in [-0.1, -0.05) is 41.9 Å². The van der Waals surface area contributed by atoms with E-state index in [0.29, 0.717) is 16.3 Å². The first-order valence-electron chi connectivity index (χ1n) is 10.5. The number of H-pyrrole nitrogens is 1. The molecule has 168 valence electrons. The molecular formula is C26H23ClFN3O2. The lowest BCUT2D eigenvalue weighted by Crippen LogP contribution is -2.35. The summed E-state index contributed by atoms with van der Waals surface area (Å²) >= 11 is 6.33. The van der Waals surface area contributed by atoms with Gasteiger partial charge >= 0.3 is 6.03 Å². The molecule has 0 unspecified atom stereocenters. The molecule has 2 N–H and O–H groups in total. The van der Waals surface area contributed by atoms with Crippen LogP contribution in [0, 0.1) is 19.7 Å². The molecule has 0 aliphatic carbocycles. The zero-order valence-electron chi connectivity index (χ0n) is 18.3. The molecule has 4 rings (SSSR count). The lowest BCUT2D eigenvalue weighted by atomic mass is 10.0. The summed E-state index contributed by atoms with van der Waals surface area (Å²) in [6.45, 7) is 4.18. The summed E-state index contributed by atoms with van der Waals surface area (Å²) in [5.74, 6) is -0.394. The van der Waals surface area contributed by atoms with E-state index in [1.807, 2.05) is 50.2 Å². The molecule has 0 atom stereocenters. The summed E-state index contributed by atoms with van der Waals surface area (Å²) in [4.78, 5) is 30.5. The Bertz CT molecular complexity index is 1380. The van der Waals surface area contributed by atoms with Crippen LogP contribution in [0.4, 0.5) is 14.9 Å². The van der Waals surface area contributed by atoms with Gasteiger partial charge in [0.2, 0.25) is 0 Å². The average molecular weight is 464 g/mol. The van der Waals surface area contributed by atoms with Crippen molar-refractivity contribution in [3.63, 3.8) is 0 Å². The number of halogens is 2. The fraction of sp³-hybridized carbons (Fsp3) is 0.154. The van der Waals surface area contributed by atoms with E-state index in [0.717, 1.165) is 27.6 Å². The average Bonchev–Trinajstić information content (AvgIpc) is 2.79. The zero-order valence-corrected chi connectivity index (χ0v) is 19.0. The molecule has 0 saturated carbocycles. The van der Waals surface area contributed by atoms with Crippen molar-refractivity contribution in [1.82, 2.24) is 9.88 Å². The number of amides is 2. The van der Waals surface area contributed by atoms with Crippen molar-refractivity contribution >= 4 is 34.2 Å². The van der Waals surface area contributed by atoms with Crippen LogP contribution in [0.25, 0.3) is 10.9 Å². The Morgan fingerprint density at radius 3 is 2.36 bits per heavy atom. The molecule has 0 spiro atoms. The van der Waals surface area contributed by atoms with Crippen molar-refractivity contribution in [3.05, 3.63) is 110 Å². The van der Waals surface area contributed by atoms with Crippen molar-refractivity contribution < 1.29 is 9.18 Å². The van der Waals surface area contributed by atoms with E-state index >= 15 is 0 Å². The van der Waals surface area contributed by atoms with Crippen molar-refractivity contribution in [2.45, 2.75) is 26.9 Å². The van der Waals surface area contributed by atoms with Gasteiger partial charge in [0.25, 0.3) is 5.56 Å². The van der Waals surface area contributed by atoms with Crippen LogP contribution in [0.2, 0.25) is 5.02 Å². The highest BCUT2D eigenvalue weighted by atomic mass is 35.5. The summed E-state index contributed by atoms with van der Waals surface area (Å²) in [5, 5.41) is 4.23. The maximum absolute atomic E-state index is 13.3. The maximum Gasteiger partial charge on any atom is 0.322 e. The van der Waals surface area contributed by atoms with Crippen molar-refractivity contribution in [2.24, 2.45) is 0 Å². The number of pyridine rings is 1. The zero-order chi connectivity index (χ0) is 23.5. The number of aryl methyl sites for hydroxylation is 2. The third kappa shape index (κ3) is 5.07. The van der Waals surface area contributed by atoms with Gasteiger partial charge < -0.3 is 15.2 Å². The number of aromatic amines is 1. The molecule has 3 aromatic carbocycles. The molecule has 0 saturated heterocycles. The molecule has 1 heterocycles. The largest absolute Gasteiger partial charge is 0.322 e. The molecule has 1 aromatic heterocycles. The van der Waals surface area contributed by atoms with Crippen LogP contribution >= 0.6 is 11.6 Å². The van der Waals surface area contributed by atoms with E-state index < -0.39 is 11.8 Å². The molecule has 0 bridgehead atoms. The van der Waals surface area contributed by atoms with Crippen LogP contribution in [0.1, 0.15) is 22.3 Å². The van der Waals surface area contributed by atoms with Crippen LogP contribution in [0.15, 0.2) is 71.5 Å². The van der Waals surface area contributed by atoms with Gasteiger partial charge in [-0.05, 0) is 66.9 Å². The van der Waals surface area contributed by atoms with E-state index in [-0.39, 0.29) is 18.6 Å². The van der Waals surface area contributed by atoms with Gasteiger partial charge in [0.05, 0.1) is 12.1 Å². The SMILES string of the molecule is Cc1ccc(C)c2[nH]c(=O)c(CN(Cc3ccccc3Cl)C(=O)Nc3ccc(F)cc3)cc12. The molecule has 0 aliphatic rings. The molecular weight excluding hydrogens is 441 g/mol. The number of carbonyl (C=O) groups excluding carboxylic acids is 1. The summed E-state index contributed by atoms with van der Waals surface area (Å²) < 4.78 is 13.3. The van der Waals surface area contributed by atoms with Crippen LogP contribution in [0.3, 0.4) is 0 Å². The molecule has 7 heteroatoms. The highest BCUT2D eigenvalue weighted by molar-refractivity contribution is 6.31. The van der Waals surface area contributed by atoms with Gasteiger partial charge in [0.1, 0.15) is 5.82 Å². The van der Waals surface area contributed by atoms with Gasteiger partial charge in [-0.15, -0.1) is 0 Å². The summed E-state index contributed by atoms with van der Waals surface area (Å²) in [6, 6.07) is 18.1. The Kier molecular flexibility index (Phi) is 6.47. The van der Waals surface area contributed by atoms with Gasteiger partial charge in [0.15, 0.2) is 0 Å². The number of urea groups is 1. The normalized spacial score (nSPS) is 10.9. The number of carbonyl (C=O) groups is 1. The van der Waals surface area contributed by atoms with Gasteiger partial charge in [-0.2, -0.15) is 0 Å². The number of rotatable bonds is 5. The number of anilines is 1. The number of hydrogen-bond donors (Lipinski definition) is 2. The highest BCUT2D eigenvalue weighted by Crippen LogP contribution is 2.22. The van der Waals surface area contributed by atoms with Crippen LogP contribution in [-0.2, 0) is 13.1 Å². The molecule has 2 amide bonds. The second kappa shape index (κ2) is 9.46. The Morgan fingerprint density at radius 1 is 0.970 bits per heavy atom. The van der Waals surface area contributed by atoms with E-state index in [1.165, 1.54) is 29.2 Å². The van der Waals surface area contributed by atoms with Gasteiger partial charge in [-0.25, -0.2) is 9.18 Å². The van der Waals surface area contributed by atoms with Crippen molar-refractivity contribution in [1.29, 1.82) is 0 Å². The van der Waals surface area contributed by atoms with E-state index in [9.17, 15) is 14.0 Å². The molecule has 0 fully saturated rings. The second-order valence-electron chi connectivity index (χ2n) is 8.00. The maximum atomic E-state index is 13.3. The predicted octanol–water partition coefficient (Wildman–Crippen LogP) is 6.17. The third-order valence-electron chi connectivity index (χ3n) is 5.58. The van der Waals surface area contributed by atoms with Gasteiger partial charge in [-0.3, -0.25) is 4.79 Å². The first-order chi connectivity index (χ1) is 15.8. The quantitative estimate of drug-likeness (QED) is 0.371. The Hall–Kier alpha value is -3.64. The van der Waals surface area contributed by atoms with E-state index in [1.54, 1.807) is 6.07 Å². The van der Waals surface area contributed by atoms with Crippen LogP contribution < -0.4 is 10.9 Å². The molecule has 5 nitrogen and oxygen atoms in total. The topological polar surface area (TPSA) is 65.2 Å². The Balaban J connectivity index is 1.70. The number of fused-ring (bicyclic) bond motifs is 1. The lowest BCUT2D eigenvalue weighted by Gasteiger charge is -2.24. The second-order valence-corrected chi connectivity index (χ2v) is 8.40. The molecule has 4 aromatic rings.